The molecule has 2 heterocycles. The Labute approximate surface area is 105 Å². The predicted octanol–water partition coefficient (Wildman–Crippen LogP) is 2.68. The third-order valence-electron chi connectivity index (χ3n) is 3.28. The van der Waals surface area contributed by atoms with E-state index < -0.39 is 0 Å². The number of fused-ring (bicyclic) bond motifs is 1. The van der Waals surface area contributed by atoms with Crippen LogP contribution in [0.5, 0.6) is 0 Å². The van der Waals surface area contributed by atoms with Crippen LogP contribution in [-0.2, 0) is 4.79 Å². The second-order valence-corrected chi connectivity index (χ2v) is 4.59. The van der Waals surface area contributed by atoms with Crippen molar-refractivity contribution in [1.29, 1.82) is 0 Å². The minimum Gasteiger partial charge on any atom is -0.441 e. The van der Waals surface area contributed by atoms with E-state index in [1.165, 1.54) is 0 Å². The standard InChI is InChI=1S/C14H14N2O2/c1-3-10-6-14(17)16(8-10)11-4-5-13-12(7-11)15-9(2)18-13/h3-5,7,10H,1,6,8H2,2H3. The van der Waals surface area contributed by atoms with Gasteiger partial charge in [-0.2, -0.15) is 0 Å². The Kier molecular flexibility index (Phi) is 2.44. The van der Waals surface area contributed by atoms with Crippen molar-refractivity contribution in [3.63, 3.8) is 0 Å². The molecule has 4 nitrogen and oxygen atoms in total. The molecule has 1 aromatic carbocycles. The molecule has 3 rings (SSSR count). The fourth-order valence-corrected chi connectivity index (χ4v) is 2.34. The predicted molar refractivity (Wildman–Crippen MR) is 69.4 cm³/mol. The number of aromatic nitrogens is 1. The monoisotopic (exact) mass is 242 g/mol. The van der Waals surface area contributed by atoms with Gasteiger partial charge >= 0.3 is 0 Å². The lowest BCUT2D eigenvalue weighted by atomic mass is 10.1. The molecule has 1 fully saturated rings. The lowest BCUT2D eigenvalue weighted by Crippen LogP contribution is -2.24. The Morgan fingerprint density at radius 3 is 3.11 bits per heavy atom. The number of carbonyl (C=O) groups excluding carboxylic acids is 1. The molecule has 1 unspecified atom stereocenters. The Morgan fingerprint density at radius 1 is 1.56 bits per heavy atom. The Hall–Kier alpha value is -2.10. The van der Waals surface area contributed by atoms with Crippen molar-refractivity contribution >= 4 is 22.7 Å². The summed E-state index contributed by atoms with van der Waals surface area (Å²) < 4.78 is 5.42. The number of benzene rings is 1. The minimum absolute atomic E-state index is 0.138. The molecule has 2 aromatic rings. The molecule has 1 amide bonds. The summed E-state index contributed by atoms with van der Waals surface area (Å²) in [5.41, 5.74) is 2.42. The number of oxazole rings is 1. The first-order chi connectivity index (χ1) is 8.67. The summed E-state index contributed by atoms with van der Waals surface area (Å²) in [6.45, 7) is 6.27. The van der Waals surface area contributed by atoms with Crippen molar-refractivity contribution in [2.75, 3.05) is 11.4 Å². The van der Waals surface area contributed by atoms with E-state index in [0.717, 1.165) is 16.8 Å². The van der Waals surface area contributed by atoms with Gasteiger partial charge in [0.1, 0.15) is 5.52 Å². The van der Waals surface area contributed by atoms with Gasteiger partial charge in [0, 0.05) is 31.5 Å². The van der Waals surface area contributed by atoms with E-state index in [4.69, 9.17) is 4.42 Å². The molecular weight excluding hydrogens is 228 g/mol. The molecule has 0 bridgehead atoms. The molecule has 1 saturated heterocycles. The summed E-state index contributed by atoms with van der Waals surface area (Å²) in [6, 6.07) is 5.66. The number of nitrogens with zero attached hydrogens (tertiary/aromatic N) is 2. The van der Waals surface area contributed by atoms with Gasteiger partial charge in [0.05, 0.1) is 0 Å². The highest BCUT2D eigenvalue weighted by Crippen LogP contribution is 2.28. The van der Waals surface area contributed by atoms with Crippen molar-refractivity contribution in [1.82, 2.24) is 4.98 Å². The fourth-order valence-electron chi connectivity index (χ4n) is 2.34. The number of amides is 1. The summed E-state index contributed by atoms with van der Waals surface area (Å²) in [6.07, 6.45) is 2.38. The molecule has 0 radical (unpaired) electrons. The topological polar surface area (TPSA) is 46.3 Å². The average Bonchev–Trinajstić information content (AvgIpc) is 2.89. The van der Waals surface area contributed by atoms with Crippen molar-refractivity contribution in [2.45, 2.75) is 13.3 Å². The summed E-state index contributed by atoms with van der Waals surface area (Å²) >= 11 is 0. The van der Waals surface area contributed by atoms with E-state index in [1.54, 1.807) is 4.90 Å². The molecular formula is C14H14N2O2. The molecule has 92 valence electrons. The largest absolute Gasteiger partial charge is 0.441 e. The van der Waals surface area contributed by atoms with E-state index in [2.05, 4.69) is 11.6 Å². The highest BCUT2D eigenvalue weighted by atomic mass is 16.3. The van der Waals surface area contributed by atoms with Gasteiger partial charge < -0.3 is 9.32 Å². The van der Waals surface area contributed by atoms with Crippen LogP contribution in [0.1, 0.15) is 12.3 Å². The molecule has 0 aliphatic carbocycles. The lowest BCUT2D eigenvalue weighted by molar-refractivity contribution is -0.117. The highest BCUT2D eigenvalue weighted by Gasteiger charge is 2.28. The molecule has 1 aromatic heterocycles. The molecule has 1 aliphatic heterocycles. The number of aryl methyl sites for hydroxylation is 1. The number of hydrogen-bond donors (Lipinski definition) is 0. The van der Waals surface area contributed by atoms with Crippen LogP contribution in [0.3, 0.4) is 0 Å². The maximum atomic E-state index is 11.9. The quantitative estimate of drug-likeness (QED) is 0.760. The van der Waals surface area contributed by atoms with Crippen LogP contribution >= 0.6 is 0 Å². The second kappa shape index (κ2) is 3.98. The van der Waals surface area contributed by atoms with Crippen molar-refractivity contribution in [3.8, 4) is 0 Å². The first-order valence-corrected chi connectivity index (χ1v) is 5.97. The first-order valence-electron chi connectivity index (χ1n) is 5.97. The van der Waals surface area contributed by atoms with Gasteiger partial charge in [-0.15, -0.1) is 6.58 Å². The molecule has 1 atom stereocenters. The summed E-state index contributed by atoms with van der Waals surface area (Å²) in [5.74, 6) is 1.02. The number of rotatable bonds is 2. The van der Waals surface area contributed by atoms with E-state index in [1.807, 2.05) is 31.2 Å². The number of carbonyl (C=O) groups is 1. The number of hydrogen-bond acceptors (Lipinski definition) is 3. The molecule has 4 heteroatoms. The zero-order chi connectivity index (χ0) is 12.7. The van der Waals surface area contributed by atoms with Gasteiger partial charge in [-0.05, 0) is 18.2 Å². The van der Waals surface area contributed by atoms with E-state index in [-0.39, 0.29) is 11.8 Å². The lowest BCUT2D eigenvalue weighted by Gasteiger charge is -2.15. The van der Waals surface area contributed by atoms with Crippen LogP contribution in [0.2, 0.25) is 0 Å². The van der Waals surface area contributed by atoms with Crippen LogP contribution in [-0.4, -0.2) is 17.4 Å². The van der Waals surface area contributed by atoms with Crippen molar-refractivity contribution < 1.29 is 9.21 Å². The third-order valence-corrected chi connectivity index (χ3v) is 3.28. The van der Waals surface area contributed by atoms with Crippen LogP contribution in [0.4, 0.5) is 5.69 Å². The minimum atomic E-state index is 0.138. The molecule has 18 heavy (non-hydrogen) atoms. The van der Waals surface area contributed by atoms with Gasteiger partial charge in [0.25, 0.3) is 0 Å². The average molecular weight is 242 g/mol. The smallest absolute Gasteiger partial charge is 0.227 e. The maximum absolute atomic E-state index is 11.9. The van der Waals surface area contributed by atoms with Crippen molar-refractivity contribution in [3.05, 3.63) is 36.7 Å². The SMILES string of the molecule is C=CC1CC(=O)N(c2ccc3oc(C)nc3c2)C1. The van der Waals surface area contributed by atoms with E-state index in [0.29, 0.717) is 18.9 Å². The van der Waals surface area contributed by atoms with Crippen LogP contribution < -0.4 is 4.90 Å². The van der Waals surface area contributed by atoms with E-state index >= 15 is 0 Å². The van der Waals surface area contributed by atoms with Gasteiger partial charge in [0.15, 0.2) is 11.5 Å². The first kappa shape index (κ1) is 11.0. The zero-order valence-electron chi connectivity index (χ0n) is 10.2. The molecule has 0 saturated carbocycles. The molecule has 1 aliphatic rings. The van der Waals surface area contributed by atoms with Gasteiger partial charge in [0.2, 0.25) is 5.91 Å². The van der Waals surface area contributed by atoms with E-state index in [9.17, 15) is 4.79 Å². The summed E-state index contributed by atoms with van der Waals surface area (Å²) in [7, 11) is 0. The fraction of sp³-hybridized carbons (Fsp3) is 0.286. The second-order valence-electron chi connectivity index (χ2n) is 4.59. The maximum Gasteiger partial charge on any atom is 0.227 e. The van der Waals surface area contributed by atoms with Crippen LogP contribution in [0.15, 0.2) is 35.3 Å². The zero-order valence-corrected chi connectivity index (χ0v) is 10.2. The summed E-state index contributed by atoms with van der Waals surface area (Å²) in [4.78, 5) is 18.0. The molecule has 0 N–H and O–H groups in total. The van der Waals surface area contributed by atoms with Crippen molar-refractivity contribution in [2.24, 2.45) is 5.92 Å². The van der Waals surface area contributed by atoms with Crippen LogP contribution in [0.25, 0.3) is 11.1 Å². The van der Waals surface area contributed by atoms with Crippen LogP contribution in [0, 0.1) is 12.8 Å². The normalized spacial score (nSPS) is 19.7. The molecule has 0 spiro atoms. The third kappa shape index (κ3) is 1.70. The van der Waals surface area contributed by atoms with Gasteiger partial charge in [-0.25, -0.2) is 4.98 Å². The van der Waals surface area contributed by atoms with Gasteiger partial charge in [-0.1, -0.05) is 6.08 Å². The van der Waals surface area contributed by atoms with Gasteiger partial charge in [-0.3, -0.25) is 4.79 Å². The Balaban J connectivity index is 1.99. The Bertz CT molecular complexity index is 630. The Morgan fingerprint density at radius 2 is 2.39 bits per heavy atom. The highest BCUT2D eigenvalue weighted by molar-refractivity contribution is 5.97. The number of anilines is 1. The summed E-state index contributed by atoms with van der Waals surface area (Å²) in [5, 5.41) is 0.